The molecule has 0 fully saturated rings. The number of alkyl halides is 2. The maximum atomic E-state index is 13.7. The fourth-order valence-corrected chi connectivity index (χ4v) is 4.01. The maximum Gasteiger partial charge on any atom is 0.251 e. The van der Waals surface area contributed by atoms with Crippen molar-refractivity contribution in [3.8, 4) is 11.3 Å². The molecule has 0 saturated heterocycles. The molecule has 1 aromatic heterocycles. The minimum absolute atomic E-state index is 0. The Balaban J connectivity index is 0.000000378. The molecular formula is C29H22F2IrNO2-. The number of hydrogen-bond donors (Lipinski definition) is 1. The Morgan fingerprint density at radius 1 is 0.914 bits per heavy atom. The van der Waals surface area contributed by atoms with Crippen LogP contribution in [-0.4, -0.2) is 15.9 Å². The van der Waals surface area contributed by atoms with Gasteiger partial charge in [0.2, 0.25) is 0 Å². The van der Waals surface area contributed by atoms with Crippen LogP contribution >= 0.6 is 0 Å². The molecule has 5 aromatic rings. The number of fused-ring (bicyclic) bond motifs is 4. The number of ketones is 1. The molecule has 0 aliphatic rings. The Hall–Kier alpha value is -3.47. The third-order valence-electron chi connectivity index (χ3n) is 5.38. The van der Waals surface area contributed by atoms with Crippen LogP contribution in [0.1, 0.15) is 25.8 Å². The summed E-state index contributed by atoms with van der Waals surface area (Å²) in [6, 6.07) is 26.1. The summed E-state index contributed by atoms with van der Waals surface area (Å²) in [6.45, 7) is 2.85. The Kier molecular flexibility index (Phi) is 8.44. The van der Waals surface area contributed by atoms with Gasteiger partial charge in [0.1, 0.15) is 0 Å². The fourth-order valence-electron chi connectivity index (χ4n) is 4.01. The molecule has 0 amide bonds. The Morgan fingerprint density at radius 2 is 1.60 bits per heavy atom. The van der Waals surface area contributed by atoms with Gasteiger partial charge in [-0.15, -0.1) is 23.6 Å². The normalized spacial score (nSPS) is 11.3. The number of aliphatic hydroxyl groups is 1. The van der Waals surface area contributed by atoms with Crippen molar-refractivity contribution in [3.63, 3.8) is 0 Å². The van der Waals surface area contributed by atoms with Gasteiger partial charge in [0.25, 0.3) is 6.43 Å². The first-order valence-electron chi connectivity index (χ1n) is 10.7. The molecule has 1 N–H and O–H groups in total. The van der Waals surface area contributed by atoms with Gasteiger partial charge in [-0.2, -0.15) is 0 Å². The van der Waals surface area contributed by atoms with E-state index in [0.717, 1.165) is 21.5 Å². The van der Waals surface area contributed by atoms with Gasteiger partial charge >= 0.3 is 0 Å². The van der Waals surface area contributed by atoms with Crippen LogP contribution in [0.3, 0.4) is 0 Å². The van der Waals surface area contributed by atoms with Crippen LogP contribution in [0.4, 0.5) is 8.78 Å². The molecule has 0 saturated carbocycles. The zero-order valence-electron chi connectivity index (χ0n) is 19.1. The monoisotopic (exact) mass is 647 g/mol. The molecule has 0 atom stereocenters. The van der Waals surface area contributed by atoms with Crippen LogP contribution < -0.4 is 0 Å². The number of halogens is 2. The van der Waals surface area contributed by atoms with E-state index in [-0.39, 0.29) is 37.2 Å². The predicted octanol–water partition coefficient (Wildman–Crippen LogP) is 7.98. The van der Waals surface area contributed by atoms with Crippen molar-refractivity contribution in [1.82, 2.24) is 4.98 Å². The van der Waals surface area contributed by atoms with E-state index in [1.54, 1.807) is 18.3 Å². The maximum absolute atomic E-state index is 13.7. The molecule has 35 heavy (non-hydrogen) atoms. The molecule has 0 aliphatic heterocycles. The van der Waals surface area contributed by atoms with Crippen molar-refractivity contribution in [2.45, 2.75) is 20.3 Å². The third kappa shape index (κ3) is 5.79. The van der Waals surface area contributed by atoms with E-state index >= 15 is 0 Å². The van der Waals surface area contributed by atoms with Crippen LogP contribution in [0.15, 0.2) is 90.8 Å². The largest absolute Gasteiger partial charge is 0.512 e. The van der Waals surface area contributed by atoms with Crippen molar-refractivity contribution in [2.75, 3.05) is 0 Å². The molecule has 6 heteroatoms. The number of carbonyl (C=O) groups is 1. The van der Waals surface area contributed by atoms with Crippen LogP contribution in [-0.2, 0) is 24.9 Å². The van der Waals surface area contributed by atoms with E-state index in [1.165, 1.54) is 26.0 Å². The number of allylic oxidation sites excluding steroid dienone is 2. The molecule has 5 rings (SSSR count). The van der Waals surface area contributed by atoms with Crippen LogP contribution in [0.2, 0.25) is 0 Å². The van der Waals surface area contributed by atoms with Crippen LogP contribution in [0.25, 0.3) is 43.6 Å². The molecule has 0 bridgehead atoms. The Bertz CT molecular complexity index is 1540. The number of rotatable bonds is 3. The van der Waals surface area contributed by atoms with E-state index < -0.39 is 6.43 Å². The summed E-state index contributed by atoms with van der Waals surface area (Å²) in [4.78, 5) is 14.5. The predicted molar refractivity (Wildman–Crippen MR) is 133 cm³/mol. The number of carbonyl (C=O) groups excluding carboxylic acids is 1. The van der Waals surface area contributed by atoms with Crippen molar-refractivity contribution in [2.24, 2.45) is 0 Å². The Morgan fingerprint density at radius 3 is 2.26 bits per heavy atom. The Labute approximate surface area is 215 Å². The van der Waals surface area contributed by atoms with Crippen molar-refractivity contribution in [1.29, 1.82) is 0 Å². The summed E-state index contributed by atoms with van der Waals surface area (Å²) in [5.74, 6) is -0.0625. The molecule has 1 heterocycles. The van der Waals surface area contributed by atoms with Gasteiger partial charge in [-0.1, -0.05) is 65.5 Å². The first-order chi connectivity index (χ1) is 16.3. The summed E-state index contributed by atoms with van der Waals surface area (Å²) in [6.07, 6.45) is 0.342. The second kappa shape index (κ2) is 11.3. The molecule has 0 spiro atoms. The summed E-state index contributed by atoms with van der Waals surface area (Å²) < 4.78 is 27.4. The van der Waals surface area contributed by atoms with Gasteiger partial charge in [-0.3, -0.25) is 9.78 Å². The molecule has 179 valence electrons. The quantitative estimate of drug-likeness (QED) is 0.0936. The van der Waals surface area contributed by atoms with Gasteiger partial charge in [-0.25, -0.2) is 8.78 Å². The second-order valence-corrected chi connectivity index (χ2v) is 7.92. The van der Waals surface area contributed by atoms with Crippen LogP contribution in [0, 0.1) is 6.07 Å². The van der Waals surface area contributed by atoms with Crippen molar-refractivity contribution >= 4 is 38.1 Å². The number of benzene rings is 4. The molecule has 3 nitrogen and oxygen atoms in total. The molecule has 1 radical (unpaired) electrons. The number of pyridine rings is 1. The zero-order chi connectivity index (χ0) is 24.2. The van der Waals surface area contributed by atoms with Crippen molar-refractivity contribution < 1.29 is 38.8 Å². The molecule has 0 aliphatic carbocycles. The SMILES string of the molecule is CC(=O)/C=C(/C)O.FC(F)c1cc(-c2nccc3c2ccc2ccccc23)[c-]c2ccccc12.[Ir]. The number of hydrogen-bond acceptors (Lipinski definition) is 3. The number of aromatic nitrogens is 1. The van der Waals surface area contributed by atoms with E-state index in [1.807, 2.05) is 42.5 Å². The average Bonchev–Trinajstić information content (AvgIpc) is 2.82. The number of aliphatic hydroxyl groups excluding tert-OH is 1. The third-order valence-corrected chi connectivity index (χ3v) is 5.38. The van der Waals surface area contributed by atoms with Gasteiger partial charge in [0.15, 0.2) is 5.78 Å². The van der Waals surface area contributed by atoms with Gasteiger partial charge in [0.05, 0.1) is 5.76 Å². The molecular weight excluding hydrogens is 625 g/mol. The van der Waals surface area contributed by atoms with Gasteiger partial charge < -0.3 is 5.11 Å². The topological polar surface area (TPSA) is 50.2 Å². The summed E-state index contributed by atoms with van der Waals surface area (Å²) >= 11 is 0. The van der Waals surface area contributed by atoms with E-state index in [2.05, 4.69) is 23.2 Å². The number of nitrogens with zero attached hydrogens (tertiary/aromatic N) is 1. The summed E-state index contributed by atoms with van der Waals surface area (Å²) in [5, 5.41) is 13.8. The second-order valence-electron chi connectivity index (χ2n) is 7.92. The van der Waals surface area contributed by atoms with Gasteiger partial charge in [0, 0.05) is 38.1 Å². The van der Waals surface area contributed by atoms with E-state index in [9.17, 15) is 13.6 Å². The fraction of sp³-hybridized carbons (Fsp3) is 0.103. The van der Waals surface area contributed by atoms with E-state index in [0.29, 0.717) is 22.0 Å². The minimum atomic E-state index is -2.56. The van der Waals surface area contributed by atoms with E-state index in [4.69, 9.17) is 5.11 Å². The first-order valence-corrected chi connectivity index (χ1v) is 10.7. The standard InChI is InChI=1S/C24H14F2N.C5H8O2.Ir/c25-24(26)22-14-17(13-16-6-2-4-8-19(16)22)23-21-10-9-15-5-1-3-7-18(15)20(21)11-12-27-23;1-4(6)3-5(2)7;/h1-12,14,24H;3,6H,1-2H3;/q-1;;/b;4-3-;. The van der Waals surface area contributed by atoms with Crippen LogP contribution in [0.5, 0.6) is 0 Å². The van der Waals surface area contributed by atoms with Gasteiger partial charge in [-0.05, 0) is 47.0 Å². The molecule has 0 unspecified atom stereocenters. The molecule has 4 aromatic carbocycles. The zero-order valence-corrected chi connectivity index (χ0v) is 21.4. The smallest absolute Gasteiger partial charge is 0.251 e. The average molecular weight is 647 g/mol. The minimum Gasteiger partial charge on any atom is -0.512 e. The summed E-state index contributed by atoms with van der Waals surface area (Å²) in [5.41, 5.74) is 1.27. The first kappa shape index (κ1) is 26.1. The summed E-state index contributed by atoms with van der Waals surface area (Å²) in [7, 11) is 0. The van der Waals surface area contributed by atoms with Crippen molar-refractivity contribution in [3.05, 3.63) is 102 Å².